The number of hydrogen-bond donors (Lipinski definition) is 1. The molecule has 7 nitrogen and oxygen atoms in total. The van der Waals surface area contributed by atoms with E-state index in [2.05, 4.69) is 24.5 Å². The Balaban J connectivity index is 2.45. The van der Waals surface area contributed by atoms with Gasteiger partial charge in [-0.15, -0.1) is 0 Å². The van der Waals surface area contributed by atoms with Gasteiger partial charge in [-0.1, -0.05) is 0 Å². The number of nitrogens with one attached hydrogen (secondary N) is 1. The van der Waals surface area contributed by atoms with Crippen LogP contribution in [0.5, 0.6) is 5.75 Å². The first kappa shape index (κ1) is 16.2. The van der Waals surface area contributed by atoms with Crippen LogP contribution in [0.1, 0.15) is 12.6 Å². The third-order valence-corrected chi connectivity index (χ3v) is 3.50. The summed E-state index contributed by atoms with van der Waals surface area (Å²) in [6.45, 7) is 3.73. The smallest absolute Gasteiger partial charge is 0.374 e. The monoisotopic (exact) mass is 336 g/mol. The molecule has 0 radical (unpaired) electrons. The number of nitrogens with zero attached hydrogens (tertiary/aromatic N) is 3. The lowest BCUT2D eigenvalue weighted by molar-refractivity contribution is -0.0500. The fourth-order valence-corrected chi connectivity index (χ4v) is 2.03. The molecule has 0 unspecified atom stereocenters. The summed E-state index contributed by atoms with van der Waals surface area (Å²) in [7, 11) is -5.75. The van der Waals surface area contributed by atoms with E-state index < -0.39 is 21.4 Å². The Morgan fingerprint density at radius 2 is 2.00 bits per heavy atom. The van der Waals surface area contributed by atoms with Gasteiger partial charge >= 0.3 is 15.6 Å². The predicted octanol–water partition coefficient (Wildman–Crippen LogP) is 1.99. The minimum atomic E-state index is -5.75. The molecule has 2 aromatic rings. The van der Waals surface area contributed by atoms with Gasteiger partial charge in [-0.05, 0) is 19.9 Å². The Labute approximate surface area is 123 Å². The highest BCUT2D eigenvalue weighted by Crippen LogP contribution is 2.29. The van der Waals surface area contributed by atoms with Crippen molar-refractivity contribution in [1.82, 2.24) is 15.0 Å². The quantitative estimate of drug-likeness (QED) is 0.674. The average Bonchev–Trinajstić information content (AvgIpc) is 2.38. The standard InChI is InChI=1S/C11H11F3N4O3S/c1-3-15-10-16-5-7-4-8(6(2)17-9(7)18-10)21-22(19,20)11(12,13)14/h4-5H,3H2,1-2H3,(H,15,16,17,18). The molecule has 11 heteroatoms. The molecule has 0 amide bonds. The van der Waals surface area contributed by atoms with E-state index in [-0.39, 0.29) is 16.7 Å². The Hall–Kier alpha value is -2.17. The lowest BCUT2D eigenvalue weighted by Crippen LogP contribution is -2.28. The maximum atomic E-state index is 12.3. The molecule has 2 heterocycles. The van der Waals surface area contributed by atoms with Crippen molar-refractivity contribution in [1.29, 1.82) is 0 Å². The van der Waals surface area contributed by atoms with Gasteiger partial charge in [0.2, 0.25) is 5.95 Å². The first-order valence-electron chi connectivity index (χ1n) is 6.03. The van der Waals surface area contributed by atoms with E-state index in [4.69, 9.17) is 0 Å². The first-order valence-corrected chi connectivity index (χ1v) is 7.44. The fraction of sp³-hybridized carbons (Fsp3) is 0.364. The van der Waals surface area contributed by atoms with Gasteiger partial charge in [-0.25, -0.2) is 9.97 Å². The molecule has 2 aromatic heterocycles. The van der Waals surface area contributed by atoms with Crippen LogP contribution in [0.3, 0.4) is 0 Å². The third kappa shape index (κ3) is 3.18. The van der Waals surface area contributed by atoms with E-state index in [0.29, 0.717) is 12.5 Å². The van der Waals surface area contributed by atoms with Gasteiger partial charge in [0.1, 0.15) is 0 Å². The minimum absolute atomic E-state index is 0.0403. The molecule has 2 rings (SSSR count). The molecule has 1 N–H and O–H groups in total. The number of aromatic nitrogens is 3. The first-order chi connectivity index (χ1) is 10.1. The maximum absolute atomic E-state index is 12.3. The van der Waals surface area contributed by atoms with Gasteiger partial charge < -0.3 is 9.50 Å². The summed E-state index contributed by atoms with van der Waals surface area (Å²) in [5.41, 5.74) is -5.35. The average molecular weight is 336 g/mol. The van der Waals surface area contributed by atoms with Crippen LogP contribution in [0.2, 0.25) is 0 Å². The summed E-state index contributed by atoms with van der Waals surface area (Å²) in [4.78, 5) is 11.9. The summed E-state index contributed by atoms with van der Waals surface area (Å²) in [6, 6.07) is 1.09. The topological polar surface area (TPSA) is 94.1 Å². The van der Waals surface area contributed by atoms with Crippen molar-refractivity contribution < 1.29 is 25.8 Å². The highest BCUT2D eigenvalue weighted by molar-refractivity contribution is 7.88. The molecule has 0 saturated carbocycles. The lowest BCUT2D eigenvalue weighted by atomic mass is 10.3. The zero-order valence-electron chi connectivity index (χ0n) is 11.5. The number of anilines is 1. The van der Waals surface area contributed by atoms with Crippen LogP contribution in [0, 0.1) is 6.92 Å². The highest BCUT2D eigenvalue weighted by atomic mass is 32.2. The largest absolute Gasteiger partial charge is 0.534 e. The highest BCUT2D eigenvalue weighted by Gasteiger charge is 2.48. The van der Waals surface area contributed by atoms with Gasteiger partial charge in [0, 0.05) is 18.1 Å². The van der Waals surface area contributed by atoms with Crippen molar-refractivity contribution in [2.45, 2.75) is 19.4 Å². The number of aryl methyl sites for hydroxylation is 1. The van der Waals surface area contributed by atoms with Crippen LogP contribution in [-0.2, 0) is 10.1 Å². The zero-order chi connectivity index (χ0) is 16.5. The van der Waals surface area contributed by atoms with Crippen molar-refractivity contribution in [3.05, 3.63) is 18.0 Å². The number of hydrogen-bond acceptors (Lipinski definition) is 7. The molecule has 0 aromatic carbocycles. The van der Waals surface area contributed by atoms with E-state index in [1.54, 1.807) is 0 Å². The summed E-state index contributed by atoms with van der Waals surface area (Å²) in [6.07, 6.45) is 1.31. The van der Waals surface area contributed by atoms with Crippen molar-refractivity contribution in [3.8, 4) is 5.75 Å². The molecule has 0 aliphatic heterocycles. The maximum Gasteiger partial charge on any atom is 0.534 e. The Bertz CT molecular complexity index is 808. The molecular weight excluding hydrogens is 325 g/mol. The van der Waals surface area contributed by atoms with Crippen molar-refractivity contribution in [2.75, 3.05) is 11.9 Å². The van der Waals surface area contributed by atoms with Gasteiger partial charge in [0.15, 0.2) is 11.4 Å². The Morgan fingerprint density at radius 3 is 2.59 bits per heavy atom. The Kier molecular flexibility index (Phi) is 4.09. The van der Waals surface area contributed by atoms with Gasteiger partial charge in [0.25, 0.3) is 0 Å². The van der Waals surface area contributed by atoms with Gasteiger partial charge in [0.05, 0.1) is 5.69 Å². The summed E-state index contributed by atoms with van der Waals surface area (Å²) >= 11 is 0. The summed E-state index contributed by atoms with van der Waals surface area (Å²) in [5, 5.41) is 3.10. The molecule has 0 bridgehead atoms. The second-order valence-electron chi connectivity index (χ2n) is 4.19. The summed E-state index contributed by atoms with van der Waals surface area (Å²) < 4.78 is 63.2. The van der Waals surface area contributed by atoms with E-state index in [1.165, 1.54) is 13.1 Å². The van der Waals surface area contributed by atoms with E-state index in [9.17, 15) is 21.6 Å². The zero-order valence-corrected chi connectivity index (χ0v) is 12.3. The fourth-order valence-electron chi connectivity index (χ4n) is 1.53. The molecule has 120 valence electrons. The van der Waals surface area contributed by atoms with Crippen LogP contribution in [0.25, 0.3) is 11.0 Å². The van der Waals surface area contributed by atoms with Crippen LogP contribution in [-0.4, -0.2) is 35.4 Å². The molecule has 0 aliphatic rings. The van der Waals surface area contributed by atoms with Gasteiger partial charge in [-0.3, -0.25) is 0 Å². The SMILES string of the molecule is CCNc1ncc2cc(OS(=O)(=O)C(F)(F)F)c(C)nc2n1. The molecule has 0 atom stereocenters. The normalized spacial score (nSPS) is 12.4. The number of fused-ring (bicyclic) bond motifs is 1. The number of alkyl halides is 3. The van der Waals surface area contributed by atoms with Crippen LogP contribution < -0.4 is 9.50 Å². The van der Waals surface area contributed by atoms with E-state index >= 15 is 0 Å². The predicted molar refractivity (Wildman–Crippen MR) is 71.8 cm³/mol. The number of halogens is 3. The molecular formula is C11H11F3N4O3S. The lowest BCUT2D eigenvalue weighted by Gasteiger charge is -2.11. The summed E-state index contributed by atoms with van der Waals surface area (Å²) in [5.74, 6) is -0.219. The van der Waals surface area contributed by atoms with Crippen molar-refractivity contribution >= 4 is 27.1 Å². The van der Waals surface area contributed by atoms with Crippen molar-refractivity contribution in [3.63, 3.8) is 0 Å². The van der Waals surface area contributed by atoms with Crippen LogP contribution in [0.4, 0.5) is 19.1 Å². The van der Waals surface area contributed by atoms with E-state index in [1.807, 2.05) is 6.92 Å². The third-order valence-electron chi connectivity index (χ3n) is 2.53. The Morgan fingerprint density at radius 1 is 1.32 bits per heavy atom. The molecule has 0 fully saturated rings. The van der Waals surface area contributed by atoms with E-state index in [0.717, 1.165) is 6.07 Å². The van der Waals surface area contributed by atoms with Gasteiger partial charge in [-0.2, -0.15) is 26.6 Å². The second-order valence-corrected chi connectivity index (χ2v) is 5.73. The number of rotatable bonds is 4. The molecule has 0 spiro atoms. The van der Waals surface area contributed by atoms with Crippen LogP contribution in [0.15, 0.2) is 12.3 Å². The molecule has 22 heavy (non-hydrogen) atoms. The second kappa shape index (κ2) is 5.55. The number of pyridine rings is 1. The molecule has 0 saturated heterocycles. The van der Waals surface area contributed by atoms with Crippen molar-refractivity contribution in [2.24, 2.45) is 0 Å². The molecule has 0 aliphatic carbocycles. The van der Waals surface area contributed by atoms with Crippen LogP contribution >= 0.6 is 0 Å². The minimum Gasteiger partial charge on any atom is -0.374 e.